The molecule has 0 bridgehead atoms. The van der Waals surface area contributed by atoms with E-state index in [1.807, 2.05) is 6.20 Å². The second-order valence-electron chi connectivity index (χ2n) is 7.43. The molecule has 0 N–H and O–H groups in total. The van der Waals surface area contributed by atoms with E-state index in [-0.39, 0.29) is 5.41 Å². The van der Waals surface area contributed by atoms with Crippen LogP contribution in [-0.4, -0.2) is 9.55 Å². The summed E-state index contributed by atoms with van der Waals surface area (Å²) in [5, 5.41) is 0. The van der Waals surface area contributed by atoms with E-state index in [9.17, 15) is 0 Å². The van der Waals surface area contributed by atoms with Crippen molar-refractivity contribution in [1.82, 2.24) is 9.55 Å². The zero-order valence-electron chi connectivity index (χ0n) is 14.9. The van der Waals surface area contributed by atoms with Crippen LogP contribution >= 0.6 is 0 Å². The quantitative estimate of drug-likeness (QED) is 0.628. The van der Waals surface area contributed by atoms with Gasteiger partial charge >= 0.3 is 0 Å². The summed E-state index contributed by atoms with van der Waals surface area (Å²) in [5.74, 6) is 1.78. The second-order valence-corrected chi connectivity index (χ2v) is 7.43. The first-order valence-electron chi connectivity index (χ1n) is 8.72. The number of aromatic nitrogens is 2. The smallest absolute Gasteiger partial charge is 0.144 e. The van der Waals surface area contributed by atoms with Crippen LogP contribution in [0.2, 0.25) is 0 Å². The molecule has 0 aliphatic heterocycles. The highest BCUT2D eigenvalue weighted by Crippen LogP contribution is 2.55. The summed E-state index contributed by atoms with van der Waals surface area (Å²) in [4.78, 5) is 4.73. The first-order chi connectivity index (χ1) is 11.5. The monoisotopic (exact) mass is 316 g/mol. The van der Waals surface area contributed by atoms with Crippen molar-refractivity contribution in [3.63, 3.8) is 0 Å². The Morgan fingerprint density at radius 3 is 2.38 bits per heavy atom. The van der Waals surface area contributed by atoms with Crippen LogP contribution in [0.5, 0.6) is 0 Å². The van der Waals surface area contributed by atoms with Gasteiger partial charge in [0.2, 0.25) is 0 Å². The number of hydrogen-bond acceptors (Lipinski definition) is 1. The van der Waals surface area contributed by atoms with Crippen LogP contribution in [0.15, 0.2) is 54.9 Å². The molecule has 2 atom stereocenters. The van der Waals surface area contributed by atoms with Crippen LogP contribution in [0.4, 0.5) is 0 Å². The highest BCUT2D eigenvalue weighted by atomic mass is 15.1. The fraction of sp³-hybridized carbons (Fsp3) is 0.318. The molecule has 122 valence electrons. The predicted molar refractivity (Wildman–Crippen MR) is 99.6 cm³/mol. The van der Waals surface area contributed by atoms with Gasteiger partial charge in [-0.2, -0.15) is 0 Å². The Morgan fingerprint density at radius 1 is 1.04 bits per heavy atom. The first kappa shape index (κ1) is 15.2. The molecular weight excluding hydrogens is 292 g/mol. The van der Waals surface area contributed by atoms with Crippen LogP contribution in [-0.2, 0) is 5.41 Å². The van der Waals surface area contributed by atoms with Crippen molar-refractivity contribution in [2.45, 2.75) is 39.5 Å². The molecule has 0 amide bonds. The fourth-order valence-electron chi connectivity index (χ4n) is 4.00. The lowest BCUT2D eigenvalue weighted by molar-refractivity contribution is 0.702. The number of nitrogens with zero attached hydrogens (tertiary/aromatic N) is 2. The summed E-state index contributed by atoms with van der Waals surface area (Å²) in [6, 6.07) is 15.2. The van der Waals surface area contributed by atoms with E-state index in [0.29, 0.717) is 0 Å². The second kappa shape index (κ2) is 5.34. The maximum absolute atomic E-state index is 4.73. The largest absolute Gasteiger partial charge is 0.299 e. The van der Waals surface area contributed by atoms with E-state index in [4.69, 9.17) is 4.98 Å². The molecule has 2 heteroatoms. The Kier molecular flexibility index (Phi) is 3.38. The minimum absolute atomic E-state index is 0.286. The molecule has 0 spiro atoms. The van der Waals surface area contributed by atoms with Crippen molar-refractivity contribution in [2.75, 3.05) is 0 Å². The van der Waals surface area contributed by atoms with Gasteiger partial charge in [0.15, 0.2) is 0 Å². The summed E-state index contributed by atoms with van der Waals surface area (Å²) in [6.45, 7) is 9.06. The molecule has 2 aromatic carbocycles. The molecule has 1 fully saturated rings. The standard InChI is InChI=1S/C22H24N2/c1-15-8-7-9-16(2)20(15)24-13-12-23-21(24)18-10-5-6-11-19(18)22(4)14-17(22)3/h5-13,17H,14H2,1-4H3/t17-,22?/m0/s1. The number of imidazole rings is 1. The third kappa shape index (κ3) is 2.21. The van der Waals surface area contributed by atoms with Crippen molar-refractivity contribution >= 4 is 0 Å². The molecule has 2 nitrogen and oxygen atoms in total. The topological polar surface area (TPSA) is 17.8 Å². The molecule has 1 aliphatic rings. The third-order valence-corrected chi connectivity index (χ3v) is 5.76. The molecule has 1 saturated carbocycles. The van der Waals surface area contributed by atoms with Gasteiger partial charge in [0.05, 0.1) is 5.69 Å². The van der Waals surface area contributed by atoms with Crippen molar-refractivity contribution in [2.24, 2.45) is 5.92 Å². The summed E-state index contributed by atoms with van der Waals surface area (Å²) >= 11 is 0. The van der Waals surface area contributed by atoms with Crippen molar-refractivity contribution in [3.8, 4) is 17.1 Å². The lowest BCUT2D eigenvalue weighted by Crippen LogP contribution is -2.08. The summed E-state index contributed by atoms with van der Waals surface area (Å²) in [5.41, 5.74) is 6.77. The van der Waals surface area contributed by atoms with Gasteiger partial charge in [-0.3, -0.25) is 4.57 Å². The molecule has 1 aliphatic carbocycles. The van der Waals surface area contributed by atoms with E-state index in [1.165, 1.54) is 34.4 Å². The van der Waals surface area contributed by atoms with Gasteiger partial charge in [-0.1, -0.05) is 56.3 Å². The number of hydrogen-bond donors (Lipinski definition) is 0. The molecule has 0 radical (unpaired) electrons. The lowest BCUT2D eigenvalue weighted by atomic mass is 9.90. The maximum atomic E-state index is 4.73. The van der Waals surface area contributed by atoms with E-state index in [0.717, 1.165) is 11.7 Å². The van der Waals surface area contributed by atoms with Gasteiger partial charge in [-0.25, -0.2) is 4.98 Å². The minimum atomic E-state index is 0.286. The first-order valence-corrected chi connectivity index (χ1v) is 8.72. The lowest BCUT2D eigenvalue weighted by Gasteiger charge is -2.19. The predicted octanol–water partition coefficient (Wildman–Crippen LogP) is 5.45. The minimum Gasteiger partial charge on any atom is -0.299 e. The van der Waals surface area contributed by atoms with Gasteiger partial charge in [0, 0.05) is 18.0 Å². The van der Waals surface area contributed by atoms with Crippen LogP contribution in [0.3, 0.4) is 0 Å². The third-order valence-electron chi connectivity index (χ3n) is 5.76. The SMILES string of the molecule is Cc1cccc(C)c1-n1ccnc1-c1ccccc1C1(C)C[C@@H]1C. The molecule has 4 rings (SSSR count). The zero-order valence-corrected chi connectivity index (χ0v) is 14.9. The van der Waals surface area contributed by atoms with Gasteiger partial charge in [-0.15, -0.1) is 0 Å². The normalized spacial score (nSPS) is 22.6. The van der Waals surface area contributed by atoms with E-state index in [1.54, 1.807) is 0 Å². The van der Waals surface area contributed by atoms with Crippen molar-refractivity contribution < 1.29 is 0 Å². The summed E-state index contributed by atoms with van der Waals surface area (Å²) in [6.07, 6.45) is 5.25. The Bertz CT molecular complexity index is 886. The Morgan fingerprint density at radius 2 is 1.71 bits per heavy atom. The van der Waals surface area contributed by atoms with Crippen LogP contribution in [0.1, 0.15) is 37.0 Å². The van der Waals surface area contributed by atoms with Crippen LogP contribution in [0, 0.1) is 19.8 Å². The zero-order chi connectivity index (χ0) is 16.9. The molecule has 1 aromatic heterocycles. The average molecular weight is 316 g/mol. The number of rotatable bonds is 3. The van der Waals surface area contributed by atoms with Crippen LogP contribution in [0.25, 0.3) is 17.1 Å². The molecular formula is C22H24N2. The van der Waals surface area contributed by atoms with Gasteiger partial charge < -0.3 is 0 Å². The number of aryl methyl sites for hydroxylation is 2. The van der Waals surface area contributed by atoms with Crippen molar-refractivity contribution in [1.29, 1.82) is 0 Å². The van der Waals surface area contributed by atoms with Gasteiger partial charge in [0.25, 0.3) is 0 Å². The van der Waals surface area contributed by atoms with Crippen molar-refractivity contribution in [3.05, 3.63) is 71.5 Å². The number of benzene rings is 2. The molecule has 3 aromatic rings. The van der Waals surface area contributed by atoms with Gasteiger partial charge in [0.1, 0.15) is 5.82 Å². The van der Waals surface area contributed by atoms with Gasteiger partial charge in [-0.05, 0) is 48.3 Å². The summed E-state index contributed by atoms with van der Waals surface area (Å²) < 4.78 is 2.25. The van der Waals surface area contributed by atoms with E-state index in [2.05, 4.69) is 80.9 Å². The van der Waals surface area contributed by atoms with Crippen LogP contribution < -0.4 is 0 Å². The molecule has 0 saturated heterocycles. The average Bonchev–Trinajstić information content (AvgIpc) is 2.97. The Hall–Kier alpha value is -2.35. The highest BCUT2D eigenvalue weighted by Gasteiger charge is 2.49. The van der Waals surface area contributed by atoms with E-state index < -0.39 is 0 Å². The Labute approximate surface area is 144 Å². The maximum Gasteiger partial charge on any atom is 0.144 e. The highest BCUT2D eigenvalue weighted by molar-refractivity contribution is 5.67. The van der Waals surface area contributed by atoms with E-state index >= 15 is 0 Å². The summed E-state index contributed by atoms with van der Waals surface area (Å²) in [7, 11) is 0. The molecule has 1 heterocycles. The molecule has 1 unspecified atom stereocenters. The molecule has 24 heavy (non-hydrogen) atoms. The fourth-order valence-corrected chi connectivity index (χ4v) is 4.00. The number of para-hydroxylation sites is 1. The Balaban J connectivity index is 1.92.